The summed E-state index contributed by atoms with van der Waals surface area (Å²) < 4.78 is 5.66. The van der Waals surface area contributed by atoms with Crippen molar-refractivity contribution in [3.05, 3.63) is 69.8 Å². The highest BCUT2D eigenvalue weighted by Crippen LogP contribution is 2.59. The van der Waals surface area contributed by atoms with E-state index in [0.717, 1.165) is 12.1 Å². The number of aromatic hydroxyl groups is 6. The number of rotatable bonds is 2. The SMILES string of the molecule is Cc1c(O)cc(O)c(C2(c3c(O)cc(O)c(C)c3O)OC(=O)c3ccccc32)c1O. The van der Waals surface area contributed by atoms with E-state index in [1.807, 2.05) is 0 Å². The lowest BCUT2D eigenvalue weighted by molar-refractivity contribution is 0.0226. The molecule has 0 radical (unpaired) electrons. The minimum absolute atomic E-state index is 0.0166. The van der Waals surface area contributed by atoms with Crippen LogP contribution in [-0.4, -0.2) is 36.6 Å². The number of phenolic OH excluding ortho intramolecular Hbond substituents is 6. The van der Waals surface area contributed by atoms with Crippen molar-refractivity contribution >= 4 is 5.97 Å². The van der Waals surface area contributed by atoms with Gasteiger partial charge in [-0.1, -0.05) is 18.2 Å². The molecule has 0 saturated carbocycles. The molecule has 154 valence electrons. The molecule has 0 bridgehead atoms. The fourth-order valence-electron chi connectivity index (χ4n) is 3.89. The van der Waals surface area contributed by atoms with Crippen LogP contribution in [0.5, 0.6) is 34.5 Å². The zero-order chi connectivity index (χ0) is 22.0. The summed E-state index contributed by atoms with van der Waals surface area (Å²) in [4.78, 5) is 12.7. The summed E-state index contributed by atoms with van der Waals surface area (Å²) in [6.07, 6.45) is 0. The number of cyclic esters (lactones) is 1. The van der Waals surface area contributed by atoms with Gasteiger partial charge in [0.25, 0.3) is 0 Å². The van der Waals surface area contributed by atoms with Crippen LogP contribution < -0.4 is 0 Å². The molecule has 30 heavy (non-hydrogen) atoms. The molecular formula is C22H18O8. The molecule has 0 atom stereocenters. The summed E-state index contributed by atoms with van der Waals surface area (Å²) in [7, 11) is 0. The molecule has 0 aliphatic carbocycles. The molecule has 0 spiro atoms. The summed E-state index contributed by atoms with van der Waals surface area (Å²) in [6, 6.07) is 8.03. The van der Waals surface area contributed by atoms with Crippen LogP contribution in [0.4, 0.5) is 0 Å². The lowest BCUT2D eigenvalue weighted by atomic mass is 9.77. The molecule has 0 aromatic heterocycles. The fraction of sp³-hybridized carbons (Fsp3) is 0.136. The second-order valence-corrected chi connectivity index (χ2v) is 7.14. The number of ether oxygens (including phenoxy) is 1. The number of esters is 1. The molecule has 0 fully saturated rings. The number of hydrogen-bond donors (Lipinski definition) is 6. The van der Waals surface area contributed by atoms with Crippen LogP contribution in [0.25, 0.3) is 0 Å². The number of hydrogen-bond acceptors (Lipinski definition) is 8. The topological polar surface area (TPSA) is 148 Å². The highest BCUT2D eigenvalue weighted by molar-refractivity contribution is 5.97. The monoisotopic (exact) mass is 410 g/mol. The third-order valence-corrected chi connectivity index (χ3v) is 5.49. The van der Waals surface area contributed by atoms with E-state index in [9.17, 15) is 35.4 Å². The largest absolute Gasteiger partial charge is 0.507 e. The zero-order valence-electron chi connectivity index (χ0n) is 16.0. The lowest BCUT2D eigenvalue weighted by Crippen LogP contribution is -2.30. The molecule has 8 nitrogen and oxygen atoms in total. The first-order valence-corrected chi connectivity index (χ1v) is 8.94. The van der Waals surface area contributed by atoms with Crippen molar-refractivity contribution in [2.45, 2.75) is 19.4 Å². The molecule has 3 aromatic carbocycles. The number of phenols is 6. The van der Waals surface area contributed by atoms with E-state index in [1.165, 1.54) is 26.0 Å². The van der Waals surface area contributed by atoms with Crippen LogP contribution in [0.3, 0.4) is 0 Å². The van der Waals surface area contributed by atoms with Crippen molar-refractivity contribution in [1.29, 1.82) is 0 Å². The second kappa shape index (κ2) is 6.21. The smallest absolute Gasteiger partial charge is 0.340 e. The molecule has 0 unspecified atom stereocenters. The molecule has 0 saturated heterocycles. The van der Waals surface area contributed by atoms with Crippen LogP contribution in [0, 0.1) is 13.8 Å². The molecule has 4 rings (SSSR count). The number of benzene rings is 3. The van der Waals surface area contributed by atoms with Gasteiger partial charge in [0, 0.05) is 28.8 Å². The van der Waals surface area contributed by atoms with Crippen molar-refractivity contribution in [2.24, 2.45) is 0 Å². The maximum Gasteiger partial charge on any atom is 0.340 e. The lowest BCUT2D eigenvalue weighted by Gasteiger charge is -2.33. The van der Waals surface area contributed by atoms with Gasteiger partial charge in [0.15, 0.2) is 0 Å². The van der Waals surface area contributed by atoms with Crippen LogP contribution in [0.15, 0.2) is 36.4 Å². The number of carbonyl (C=O) groups excluding carboxylic acids is 1. The Kier molecular flexibility index (Phi) is 3.99. The second-order valence-electron chi connectivity index (χ2n) is 7.14. The molecule has 1 aliphatic rings. The first-order chi connectivity index (χ1) is 14.1. The van der Waals surface area contributed by atoms with E-state index >= 15 is 0 Å². The Hall–Kier alpha value is -4.07. The van der Waals surface area contributed by atoms with E-state index in [1.54, 1.807) is 12.1 Å². The van der Waals surface area contributed by atoms with Gasteiger partial charge in [0.1, 0.15) is 34.5 Å². The van der Waals surface area contributed by atoms with Gasteiger partial charge in [-0.15, -0.1) is 0 Å². The van der Waals surface area contributed by atoms with Gasteiger partial charge in [-0.25, -0.2) is 4.79 Å². The minimum Gasteiger partial charge on any atom is -0.507 e. The van der Waals surface area contributed by atoms with Crippen molar-refractivity contribution in [2.75, 3.05) is 0 Å². The standard InChI is InChI=1S/C22H18O8/c1-9-13(23)7-15(25)17(19(9)27)22(12-6-4-3-5-11(12)21(29)30-22)18-16(26)8-14(24)10(2)20(18)28/h3-8,23-28H,1-2H3. The molecule has 6 N–H and O–H groups in total. The van der Waals surface area contributed by atoms with Crippen molar-refractivity contribution in [3.63, 3.8) is 0 Å². The van der Waals surface area contributed by atoms with Crippen molar-refractivity contribution in [3.8, 4) is 34.5 Å². The summed E-state index contributed by atoms with van der Waals surface area (Å²) in [5.74, 6) is -4.09. The average Bonchev–Trinajstić information content (AvgIpc) is 2.98. The molecule has 1 heterocycles. The number of fused-ring (bicyclic) bond motifs is 1. The summed E-state index contributed by atoms with van der Waals surface area (Å²) in [6.45, 7) is 2.76. The summed E-state index contributed by atoms with van der Waals surface area (Å²) in [5.41, 5.74) is -2.67. The van der Waals surface area contributed by atoms with Gasteiger partial charge in [0.2, 0.25) is 5.60 Å². The van der Waals surface area contributed by atoms with Crippen LogP contribution in [0.2, 0.25) is 0 Å². The van der Waals surface area contributed by atoms with Gasteiger partial charge >= 0.3 is 5.97 Å². The maximum absolute atomic E-state index is 12.7. The predicted molar refractivity (Wildman–Crippen MR) is 104 cm³/mol. The van der Waals surface area contributed by atoms with Gasteiger partial charge in [-0.2, -0.15) is 0 Å². The Bertz CT molecular complexity index is 1170. The first kappa shape index (κ1) is 19.3. The molecule has 3 aromatic rings. The fourth-order valence-corrected chi connectivity index (χ4v) is 3.89. The third kappa shape index (κ3) is 2.30. The number of carbonyl (C=O) groups is 1. The zero-order valence-corrected chi connectivity index (χ0v) is 16.0. The van der Waals surface area contributed by atoms with Gasteiger partial charge < -0.3 is 35.4 Å². The molecule has 0 amide bonds. The highest BCUT2D eigenvalue weighted by atomic mass is 16.6. The Morgan fingerprint density at radius 2 is 1.20 bits per heavy atom. The van der Waals surface area contributed by atoms with E-state index < -0.39 is 46.1 Å². The van der Waals surface area contributed by atoms with E-state index in [4.69, 9.17) is 4.74 Å². The van der Waals surface area contributed by atoms with E-state index in [-0.39, 0.29) is 33.4 Å². The van der Waals surface area contributed by atoms with Crippen molar-refractivity contribution in [1.82, 2.24) is 0 Å². The third-order valence-electron chi connectivity index (χ3n) is 5.49. The minimum atomic E-state index is -2.16. The van der Waals surface area contributed by atoms with E-state index in [0.29, 0.717) is 0 Å². The average molecular weight is 410 g/mol. The predicted octanol–water partition coefficient (Wildman–Crippen LogP) is 3.00. The highest BCUT2D eigenvalue weighted by Gasteiger charge is 2.55. The summed E-state index contributed by atoms with van der Waals surface area (Å²) in [5, 5.41) is 63.0. The Morgan fingerprint density at radius 1 is 0.733 bits per heavy atom. The van der Waals surface area contributed by atoms with Crippen LogP contribution in [0.1, 0.15) is 38.2 Å². The van der Waals surface area contributed by atoms with Gasteiger partial charge in [-0.3, -0.25) is 0 Å². The van der Waals surface area contributed by atoms with Crippen LogP contribution in [-0.2, 0) is 10.3 Å². The maximum atomic E-state index is 12.7. The summed E-state index contributed by atoms with van der Waals surface area (Å²) >= 11 is 0. The quantitative estimate of drug-likeness (QED) is 0.353. The molecular weight excluding hydrogens is 392 g/mol. The normalized spacial score (nSPS) is 14.4. The Labute approximate surface area is 170 Å². The van der Waals surface area contributed by atoms with E-state index in [2.05, 4.69) is 0 Å². The van der Waals surface area contributed by atoms with Crippen LogP contribution >= 0.6 is 0 Å². The molecule has 8 heteroatoms. The van der Waals surface area contributed by atoms with Gasteiger partial charge in [0.05, 0.1) is 16.7 Å². The Morgan fingerprint density at radius 3 is 1.70 bits per heavy atom. The molecule has 1 aliphatic heterocycles. The first-order valence-electron chi connectivity index (χ1n) is 8.94. The Balaban J connectivity index is 2.25. The van der Waals surface area contributed by atoms with Gasteiger partial charge in [-0.05, 0) is 19.9 Å². The van der Waals surface area contributed by atoms with Crippen molar-refractivity contribution < 1.29 is 40.2 Å².